The van der Waals surface area contributed by atoms with E-state index < -0.39 is 18.2 Å². The van der Waals surface area contributed by atoms with Gasteiger partial charge in [0, 0.05) is 0 Å². The fraction of sp³-hybridized carbons (Fsp3) is 0.833. The van der Waals surface area contributed by atoms with Gasteiger partial charge in [0.05, 0.1) is 52.5 Å². The molecule has 0 radical (unpaired) electrons. The summed E-state index contributed by atoms with van der Waals surface area (Å²) < 4.78 is 28.7. The number of halogens is 2. The predicted octanol–water partition coefficient (Wildman–Crippen LogP) is 1.57. The summed E-state index contributed by atoms with van der Waals surface area (Å²) in [4.78, 5) is 21.3. The van der Waals surface area contributed by atoms with Crippen LogP contribution in [0.2, 0.25) is 0 Å². The third-order valence-corrected chi connectivity index (χ3v) is 2.58. The minimum atomic E-state index is -0.543. The summed E-state index contributed by atoms with van der Waals surface area (Å²) in [5.41, 5.74) is 0. The van der Waals surface area contributed by atoms with Crippen molar-refractivity contribution >= 4 is 35.7 Å². The van der Waals surface area contributed by atoms with Crippen LogP contribution in [0.3, 0.4) is 0 Å². The van der Waals surface area contributed by atoms with Gasteiger partial charge in [-0.15, -0.1) is 0 Å². The average molecular weight is 363 g/mol. The van der Waals surface area contributed by atoms with Crippen molar-refractivity contribution in [1.29, 1.82) is 0 Å². The maximum absolute atomic E-state index is 10.7. The van der Waals surface area contributed by atoms with Crippen LogP contribution in [0.4, 0.5) is 0 Å². The Balaban J connectivity index is 3.27. The number of hydrogen-bond donors (Lipinski definition) is 0. The molecule has 0 aliphatic carbocycles. The van der Waals surface area contributed by atoms with Crippen LogP contribution in [0.15, 0.2) is 0 Å². The van der Waals surface area contributed by atoms with E-state index in [1.54, 1.807) is 6.92 Å². The highest BCUT2D eigenvalue weighted by molar-refractivity contribution is 6.13. The highest BCUT2D eigenvalue weighted by Crippen LogP contribution is 1.96. The van der Waals surface area contributed by atoms with Gasteiger partial charge in [-0.3, -0.25) is 9.59 Å². The molecular formula is C12H20Cl2O8. The van der Waals surface area contributed by atoms with Crippen molar-refractivity contribution in [2.24, 2.45) is 0 Å². The van der Waals surface area contributed by atoms with Crippen LogP contribution >= 0.6 is 23.7 Å². The fourth-order valence-electron chi connectivity index (χ4n) is 1.19. The molecule has 0 aromatic heterocycles. The first-order chi connectivity index (χ1) is 10.6. The smallest absolute Gasteiger partial charge is 0.327 e. The summed E-state index contributed by atoms with van der Waals surface area (Å²) in [6.45, 7) is 3.43. The van der Waals surface area contributed by atoms with Crippen molar-refractivity contribution in [2.75, 3.05) is 39.6 Å². The summed E-state index contributed by atoms with van der Waals surface area (Å²) in [6, 6.07) is 0. The van der Waals surface area contributed by atoms with Crippen molar-refractivity contribution < 1.29 is 37.1 Å². The summed E-state index contributed by atoms with van der Waals surface area (Å²) >= 11 is 9.70. The molecule has 0 aromatic carbocycles. The highest BCUT2D eigenvalue weighted by Gasteiger charge is 2.04. The lowest BCUT2D eigenvalue weighted by atomic mass is 10.5. The average Bonchev–Trinajstić information content (AvgIpc) is 2.53. The second-order valence-corrected chi connectivity index (χ2v) is 4.24. The number of rotatable bonds is 14. The van der Waals surface area contributed by atoms with E-state index in [1.807, 2.05) is 0 Å². The van der Waals surface area contributed by atoms with E-state index in [1.165, 1.54) is 0 Å². The zero-order chi connectivity index (χ0) is 16.6. The predicted molar refractivity (Wildman–Crippen MR) is 76.1 cm³/mol. The summed E-state index contributed by atoms with van der Waals surface area (Å²) in [5, 5.41) is 0. The molecule has 0 bridgehead atoms. The van der Waals surface area contributed by atoms with Crippen LogP contribution < -0.4 is 0 Å². The van der Waals surface area contributed by atoms with E-state index in [4.69, 9.17) is 42.7 Å². The fourth-order valence-corrected chi connectivity index (χ4v) is 1.34. The molecule has 8 nitrogen and oxygen atoms in total. The van der Waals surface area contributed by atoms with Crippen LogP contribution in [-0.4, -0.2) is 57.9 Å². The molecule has 0 aliphatic heterocycles. The van der Waals surface area contributed by atoms with E-state index in [-0.39, 0.29) is 26.1 Å². The Bertz CT molecular complexity index is 275. The van der Waals surface area contributed by atoms with E-state index in [0.717, 1.165) is 0 Å². The van der Waals surface area contributed by atoms with Gasteiger partial charge < -0.3 is 27.5 Å². The molecule has 0 atom stereocenters. The van der Waals surface area contributed by atoms with Gasteiger partial charge in [0.1, 0.15) is 23.7 Å². The molecular weight excluding hydrogens is 343 g/mol. The van der Waals surface area contributed by atoms with Gasteiger partial charge in [0.15, 0.2) is 6.29 Å². The Hall–Kier alpha value is -0.640. The van der Waals surface area contributed by atoms with Crippen molar-refractivity contribution in [1.82, 2.24) is 0 Å². The second-order valence-electron chi connectivity index (χ2n) is 3.93. The lowest BCUT2D eigenvalue weighted by molar-refractivity contribution is -0.149. The lowest BCUT2D eigenvalue weighted by Gasteiger charge is -2.14. The third-order valence-electron chi connectivity index (χ3n) is 2.23. The summed E-state index contributed by atoms with van der Waals surface area (Å²) in [5.74, 6) is -1.09. The van der Waals surface area contributed by atoms with Crippen LogP contribution in [0.5, 0.6) is 0 Å². The van der Waals surface area contributed by atoms with Gasteiger partial charge >= 0.3 is 11.9 Å². The number of carbonyl (C=O) groups is 2. The number of ether oxygens (including phenoxy) is 4. The molecule has 0 unspecified atom stereocenters. The maximum atomic E-state index is 10.7. The van der Waals surface area contributed by atoms with Gasteiger partial charge in [-0.05, 0) is 6.92 Å². The zero-order valence-electron chi connectivity index (χ0n) is 12.3. The number of hydrogen-bond acceptors (Lipinski definition) is 8. The van der Waals surface area contributed by atoms with Gasteiger partial charge in [-0.2, -0.15) is 0 Å². The Morgan fingerprint density at radius 1 is 0.773 bits per heavy atom. The molecule has 10 heteroatoms. The van der Waals surface area contributed by atoms with Gasteiger partial charge in [0.2, 0.25) is 0 Å². The minimum absolute atomic E-state index is 0.0875. The molecule has 0 saturated carbocycles. The largest absolute Gasteiger partial charge is 0.378 e. The Morgan fingerprint density at radius 2 is 1.18 bits per heavy atom. The SMILES string of the molecule is CC(OCCOCCC(=O)OCl)OCCOCCC(=O)OCl. The molecule has 0 spiro atoms. The van der Waals surface area contributed by atoms with E-state index >= 15 is 0 Å². The summed E-state index contributed by atoms with van der Waals surface area (Å²) in [6.07, 6.45) is -0.248. The quantitative estimate of drug-likeness (QED) is 0.339. The van der Waals surface area contributed by atoms with Crippen molar-refractivity contribution in [3.05, 3.63) is 0 Å². The first kappa shape index (κ1) is 21.4. The first-order valence-electron chi connectivity index (χ1n) is 6.61. The molecule has 0 amide bonds. The van der Waals surface area contributed by atoms with Crippen molar-refractivity contribution in [2.45, 2.75) is 26.1 Å². The first-order valence-corrected chi connectivity index (χ1v) is 7.23. The Kier molecular flexibility index (Phi) is 14.8. The normalized spacial score (nSPS) is 10.7. The lowest BCUT2D eigenvalue weighted by Crippen LogP contribution is -2.19. The summed E-state index contributed by atoms with van der Waals surface area (Å²) in [7, 11) is 0. The van der Waals surface area contributed by atoms with Crippen LogP contribution in [0.25, 0.3) is 0 Å². The molecule has 22 heavy (non-hydrogen) atoms. The number of carbonyl (C=O) groups excluding carboxylic acids is 2. The maximum Gasteiger partial charge on any atom is 0.327 e. The van der Waals surface area contributed by atoms with E-state index in [0.29, 0.717) is 26.4 Å². The van der Waals surface area contributed by atoms with Crippen LogP contribution in [0, 0.1) is 0 Å². The molecule has 0 rings (SSSR count). The van der Waals surface area contributed by atoms with Gasteiger partial charge in [-0.1, -0.05) is 0 Å². The van der Waals surface area contributed by atoms with E-state index in [9.17, 15) is 9.59 Å². The Morgan fingerprint density at radius 3 is 1.55 bits per heavy atom. The van der Waals surface area contributed by atoms with E-state index in [2.05, 4.69) is 8.58 Å². The zero-order valence-corrected chi connectivity index (χ0v) is 13.8. The second kappa shape index (κ2) is 15.3. The van der Waals surface area contributed by atoms with Crippen molar-refractivity contribution in [3.8, 4) is 0 Å². The van der Waals surface area contributed by atoms with Crippen LogP contribution in [0.1, 0.15) is 19.8 Å². The highest BCUT2D eigenvalue weighted by atomic mass is 35.5. The molecule has 0 N–H and O–H groups in total. The van der Waals surface area contributed by atoms with Gasteiger partial charge in [-0.25, -0.2) is 0 Å². The van der Waals surface area contributed by atoms with Gasteiger partial charge in [0.25, 0.3) is 0 Å². The molecule has 0 aliphatic rings. The minimum Gasteiger partial charge on any atom is -0.378 e. The molecule has 130 valence electrons. The third kappa shape index (κ3) is 14.3. The molecule has 0 saturated heterocycles. The molecule has 0 heterocycles. The molecule has 0 fully saturated rings. The standard InChI is InChI=1S/C12H20Cl2O8/c1-10(19-8-6-17-4-2-11(15)21-13)20-9-7-18-5-3-12(16)22-14/h10H,2-9H2,1H3. The van der Waals surface area contributed by atoms with Crippen LogP contribution in [-0.2, 0) is 37.1 Å². The molecule has 0 aromatic rings. The Labute approximate surface area is 139 Å². The van der Waals surface area contributed by atoms with Crippen molar-refractivity contribution in [3.63, 3.8) is 0 Å². The monoisotopic (exact) mass is 362 g/mol. The topological polar surface area (TPSA) is 89.5 Å².